The molecule has 2 saturated heterocycles. The van der Waals surface area contributed by atoms with Crippen molar-refractivity contribution >= 4 is 35.7 Å². The molecule has 0 spiro atoms. The van der Waals surface area contributed by atoms with Crippen molar-refractivity contribution < 1.29 is 4.57 Å². The van der Waals surface area contributed by atoms with Crippen molar-refractivity contribution in [1.82, 2.24) is 9.80 Å². The van der Waals surface area contributed by atoms with Crippen molar-refractivity contribution in [1.29, 1.82) is 0 Å². The van der Waals surface area contributed by atoms with Crippen LogP contribution in [0.15, 0.2) is 127 Å². The fourth-order valence-electron chi connectivity index (χ4n) is 7.20. The molecule has 2 aliphatic rings. The molecular formula is C45H50N5+. The van der Waals surface area contributed by atoms with Crippen molar-refractivity contribution in [3.05, 3.63) is 161 Å². The van der Waals surface area contributed by atoms with Crippen LogP contribution in [0.5, 0.6) is 0 Å². The average Bonchev–Trinajstić information content (AvgIpc) is 3.18. The summed E-state index contributed by atoms with van der Waals surface area (Å²) in [5.74, 6) is 0. The number of piperazine rings is 2. The lowest BCUT2D eigenvalue weighted by molar-refractivity contribution is -0.696. The van der Waals surface area contributed by atoms with E-state index in [4.69, 9.17) is 0 Å². The highest BCUT2D eigenvalue weighted by Crippen LogP contribution is 2.21. The lowest BCUT2D eigenvalue weighted by atomic mass is 10.1. The normalized spacial score (nSPS) is 16.1. The minimum Gasteiger partial charge on any atom is -0.369 e. The smallest absolute Gasteiger partial charge is 0.205 e. The third-order valence-electron chi connectivity index (χ3n) is 10.1. The molecule has 5 nitrogen and oxygen atoms in total. The van der Waals surface area contributed by atoms with Crippen molar-refractivity contribution in [2.45, 2.75) is 26.6 Å². The molecule has 2 aliphatic heterocycles. The standard InChI is InChI=1S/C45H50N5/c1-2-50-44(26-20-38-16-22-42(23-17-38)48-32-28-46(29-33-48)36-40-10-5-3-6-11-40)14-9-15-45(50)27-21-39-18-24-43(25-19-39)49-34-30-47(31-35-49)37-41-12-7-4-8-13-41/h3-27H,2,28-37H2,1H3/q+1. The van der Waals surface area contributed by atoms with Crippen LogP contribution in [0.4, 0.5) is 11.4 Å². The van der Waals surface area contributed by atoms with Crippen molar-refractivity contribution in [3.63, 3.8) is 0 Å². The Bertz CT molecular complexity index is 1700. The molecular weight excluding hydrogens is 611 g/mol. The molecule has 0 bridgehead atoms. The number of hydrogen-bond acceptors (Lipinski definition) is 4. The first-order chi connectivity index (χ1) is 24.7. The van der Waals surface area contributed by atoms with Gasteiger partial charge in [-0.25, -0.2) is 0 Å². The fraction of sp³-hybridized carbons (Fsp3) is 0.267. The molecule has 0 radical (unpaired) electrons. The Morgan fingerprint density at radius 3 is 1.22 bits per heavy atom. The van der Waals surface area contributed by atoms with E-state index in [2.05, 4.69) is 183 Å². The van der Waals surface area contributed by atoms with E-state index in [1.165, 1.54) is 45.0 Å². The Kier molecular flexibility index (Phi) is 11.1. The third-order valence-corrected chi connectivity index (χ3v) is 10.1. The van der Waals surface area contributed by atoms with E-state index in [9.17, 15) is 0 Å². The monoisotopic (exact) mass is 660 g/mol. The highest BCUT2D eigenvalue weighted by Gasteiger charge is 2.19. The second-order valence-corrected chi connectivity index (χ2v) is 13.5. The van der Waals surface area contributed by atoms with Gasteiger partial charge in [0.25, 0.3) is 0 Å². The zero-order chi connectivity index (χ0) is 34.0. The number of benzene rings is 4. The van der Waals surface area contributed by atoms with Gasteiger partial charge < -0.3 is 9.80 Å². The number of rotatable bonds is 11. The Labute approximate surface area is 299 Å². The van der Waals surface area contributed by atoms with E-state index < -0.39 is 0 Å². The Hall–Kier alpha value is -4.97. The first kappa shape index (κ1) is 33.5. The summed E-state index contributed by atoms with van der Waals surface area (Å²) in [4.78, 5) is 10.1. The minimum atomic E-state index is 0.907. The van der Waals surface area contributed by atoms with Gasteiger partial charge in [-0.2, -0.15) is 4.57 Å². The predicted octanol–water partition coefficient (Wildman–Crippen LogP) is 7.98. The minimum absolute atomic E-state index is 0.907. The molecule has 0 atom stereocenters. The summed E-state index contributed by atoms with van der Waals surface area (Å²) in [6, 6.07) is 46.3. The zero-order valence-electron chi connectivity index (χ0n) is 29.4. The van der Waals surface area contributed by atoms with Gasteiger partial charge in [0.1, 0.15) is 6.54 Å². The molecule has 0 unspecified atom stereocenters. The first-order valence-electron chi connectivity index (χ1n) is 18.3. The van der Waals surface area contributed by atoms with Gasteiger partial charge in [0.2, 0.25) is 11.4 Å². The van der Waals surface area contributed by atoms with Gasteiger partial charge in [0, 0.05) is 101 Å². The van der Waals surface area contributed by atoms with Crippen LogP contribution in [-0.4, -0.2) is 62.2 Å². The van der Waals surface area contributed by atoms with Crippen LogP contribution in [0.1, 0.15) is 40.6 Å². The van der Waals surface area contributed by atoms with Crippen molar-refractivity contribution in [3.8, 4) is 0 Å². The zero-order valence-corrected chi connectivity index (χ0v) is 29.4. The van der Waals surface area contributed by atoms with Gasteiger partial charge in [-0.15, -0.1) is 0 Å². The molecule has 5 heteroatoms. The molecule has 7 rings (SSSR count). The number of nitrogens with zero attached hydrogens (tertiary/aromatic N) is 5. The first-order valence-corrected chi connectivity index (χ1v) is 18.3. The van der Waals surface area contributed by atoms with Crippen LogP contribution in [0.3, 0.4) is 0 Å². The van der Waals surface area contributed by atoms with E-state index in [1.54, 1.807) is 0 Å². The highest BCUT2D eigenvalue weighted by atomic mass is 15.3. The van der Waals surface area contributed by atoms with Crippen LogP contribution in [-0.2, 0) is 19.6 Å². The van der Waals surface area contributed by atoms with Gasteiger partial charge >= 0.3 is 0 Å². The van der Waals surface area contributed by atoms with Gasteiger partial charge in [-0.3, -0.25) is 9.80 Å². The summed E-state index contributed by atoms with van der Waals surface area (Å²) in [7, 11) is 0. The quantitative estimate of drug-likeness (QED) is 0.134. The van der Waals surface area contributed by atoms with Gasteiger partial charge in [-0.05, 0) is 71.7 Å². The largest absolute Gasteiger partial charge is 0.369 e. The summed E-state index contributed by atoms with van der Waals surface area (Å²) in [6.45, 7) is 13.8. The maximum atomic E-state index is 2.56. The summed E-state index contributed by atoms with van der Waals surface area (Å²) in [5, 5.41) is 0. The summed E-state index contributed by atoms with van der Waals surface area (Å²) >= 11 is 0. The van der Waals surface area contributed by atoms with E-state index in [0.29, 0.717) is 0 Å². The van der Waals surface area contributed by atoms with Crippen molar-refractivity contribution in [2.75, 3.05) is 62.2 Å². The lowest BCUT2D eigenvalue weighted by Gasteiger charge is -2.36. The second kappa shape index (κ2) is 16.6. The topological polar surface area (TPSA) is 16.8 Å². The maximum absolute atomic E-state index is 2.56. The van der Waals surface area contributed by atoms with E-state index in [0.717, 1.165) is 72.0 Å². The summed E-state index contributed by atoms with van der Waals surface area (Å²) in [6.07, 6.45) is 8.95. The summed E-state index contributed by atoms with van der Waals surface area (Å²) in [5.41, 5.74) is 10.3. The summed E-state index contributed by atoms with van der Waals surface area (Å²) < 4.78 is 2.37. The second-order valence-electron chi connectivity index (χ2n) is 13.5. The van der Waals surface area contributed by atoms with Crippen molar-refractivity contribution in [2.24, 2.45) is 0 Å². The molecule has 254 valence electrons. The van der Waals surface area contributed by atoms with Gasteiger partial charge in [-0.1, -0.05) is 84.9 Å². The molecule has 50 heavy (non-hydrogen) atoms. The third kappa shape index (κ3) is 8.78. The maximum Gasteiger partial charge on any atom is 0.205 e. The molecule has 1 aromatic heterocycles. The number of pyridine rings is 1. The highest BCUT2D eigenvalue weighted by molar-refractivity contribution is 5.70. The molecule has 0 N–H and O–H groups in total. The molecule has 4 aromatic carbocycles. The predicted molar refractivity (Wildman–Crippen MR) is 211 cm³/mol. The Morgan fingerprint density at radius 2 is 0.840 bits per heavy atom. The number of anilines is 2. The molecule has 3 heterocycles. The molecule has 0 saturated carbocycles. The Balaban J connectivity index is 0.921. The van der Waals surface area contributed by atoms with Crippen LogP contribution < -0.4 is 14.4 Å². The van der Waals surface area contributed by atoms with Gasteiger partial charge in [0.15, 0.2) is 0 Å². The SMILES string of the molecule is CC[n+]1c(/C=C/c2ccc(N3CCN(Cc4ccccc4)CC3)cc2)cccc1/C=C/c1ccc(N2CCN(Cc3ccccc3)CC2)cc1. The Morgan fingerprint density at radius 1 is 0.440 bits per heavy atom. The molecule has 5 aromatic rings. The van der Waals surface area contributed by atoms with Gasteiger partial charge in [0.05, 0.1) is 0 Å². The van der Waals surface area contributed by atoms with E-state index in [1.807, 2.05) is 0 Å². The van der Waals surface area contributed by atoms with Crippen LogP contribution in [0, 0.1) is 0 Å². The molecule has 0 amide bonds. The van der Waals surface area contributed by atoms with Crippen LogP contribution in [0.25, 0.3) is 24.3 Å². The molecule has 2 fully saturated rings. The number of hydrogen-bond donors (Lipinski definition) is 0. The van der Waals surface area contributed by atoms with E-state index in [-0.39, 0.29) is 0 Å². The molecule has 0 aliphatic carbocycles. The number of aromatic nitrogens is 1. The van der Waals surface area contributed by atoms with Crippen LogP contribution >= 0.6 is 0 Å². The average molecular weight is 661 g/mol. The fourth-order valence-corrected chi connectivity index (χ4v) is 7.20. The lowest BCUT2D eigenvalue weighted by Crippen LogP contribution is -2.45. The van der Waals surface area contributed by atoms with E-state index >= 15 is 0 Å². The van der Waals surface area contributed by atoms with Crippen LogP contribution in [0.2, 0.25) is 0 Å².